The van der Waals surface area contributed by atoms with Gasteiger partial charge in [0.15, 0.2) is 0 Å². The van der Waals surface area contributed by atoms with Crippen LogP contribution in [0.15, 0.2) is 42.5 Å². The number of methoxy groups -OCH3 is 2. The smallest absolute Gasteiger partial charge is 0.449 e. The lowest BCUT2D eigenvalue weighted by Gasteiger charge is -2.32. The summed E-state index contributed by atoms with van der Waals surface area (Å²) in [4.78, 5) is 18.4. The van der Waals surface area contributed by atoms with Crippen LogP contribution in [0.2, 0.25) is 0 Å². The molecule has 0 unspecified atom stereocenters. The third-order valence-corrected chi connectivity index (χ3v) is 6.10. The largest absolute Gasteiger partial charge is 0.497 e. The van der Waals surface area contributed by atoms with Gasteiger partial charge in [-0.25, -0.2) is 4.98 Å². The van der Waals surface area contributed by atoms with Gasteiger partial charge in [-0.15, -0.1) is 0 Å². The summed E-state index contributed by atoms with van der Waals surface area (Å²) in [6.07, 6.45) is -3.13. The Balaban J connectivity index is 1.36. The highest BCUT2D eigenvalue weighted by molar-refractivity contribution is 5.94. The first-order valence-electron chi connectivity index (χ1n) is 11.0. The maximum absolute atomic E-state index is 13.6. The number of amides is 1. The molecule has 1 saturated heterocycles. The Hall–Kier alpha value is -3.27. The van der Waals surface area contributed by atoms with E-state index in [1.54, 1.807) is 49.6 Å². The van der Waals surface area contributed by atoms with Crippen molar-refractivity contribution in [3.05, 3.63) is 48.3 Å². The molecular formula is C24H27F3N4O3. The van der Waals surface area contributed by atoms with Gasteiger partial charge in [0.25, 0.3) is 0 Å². The molecule has 3 aromatic rings. The fraction of sp³-hybridized carbons (Fsp3) is 0.417. The van der Waals surface area contributed by atoms with Crippen molar-refractivity contribution in [2.24, 2.45) is 5.92 Å². The van der Waals surface area contributed by atoms with Crippen LogP contribution in [-0.4, -0.2) is 54.2 Å². The highest BCUT2D eigenvalue weighted by Gasteiger charge is 2.38. The summed E-state index contributed by atoms with van der Waals surface area (Å²) in [5, 5.41) is 2.85. The molecule has 34 heavy (non-hydrogen) atoms. The number of nitrogens with zero attached hydrogens (tertiary/aromatic N) is 3. The zero-order valence-electron chi connectivity index (χ0n) is 19.1. The van der Waals surface area contributed by atoms with Gasteiger partial charge < -0.3 is 19.4 Å². The minimum Gasteiger partial charge on any atom is -0.497 e. The average Bonchev–Trinajstić information content (AvgIpc) is 3.19. The van der Waals surface area contributed by atoms with Crippen LogP contribution in [-0.2, 0) is 17.5 Å². The molecule has 0 radical (unpaired) electrons. The van der Waals surface area contributed by atoms with Crippen LogP contribution in [0.5, 0.6) is 11.5 Å². The number of benzene rings is 2. The summed E-state index contributed by atoms with van der Waals surface area (Å²) in [5.74, 6) is 0.146. The molecule has 1 aliphatic rings. The van der Waals surface area contributed by atoms with Crippen molar-refractivity contribution < 1.29 is 27.4 Å². The number of aromatic nitrogens is 2. The topological polar surface area (TPSA) is 68.6 Å². The highest BCUT2D eigenvalue weighted by atomic mass is 19.4. The second kappa shape index (κ2) is 9.92. The van der Waals surface area contributed by atoms with E-state index in [0.717, 1.165) is 0 Å². The minimum atomic E-state index is -4.51. The van der Waals surface area contributed by atoms with Crippen molar-refractivity contribution in [3.8, 4) is 11.5 Å². The number of alkyl halides is 3. The van der Waals surface area contributed by atoms with Gasteiger partial charge in [0.05, 0.1) is 37.5 Å². The predicted molar refractivity (Wildman–Crippen MR) is 122 cm³/mol. The Morgan fingerprint density at radius 1 is 1.12 bits per heavy atom. The van der Waals surface area contributed by atoms with Gasteiger partial charge in [0.1, 0.15) is 11.5 Å². The van der Waals surface area contributed by atoms with E-state index in [2.05, 4.69) is 10.3 Å². The third-order valence-electron chi connectivity index (χ3n) is 6.10. The second-order valence-electron chi connectivity index (χ2n) is 8.37. The zero-order chi connectivity index (χ0) is 24.3. The fourth-order valence-electron chi connectivity index (χ4n) is 4.37. The van der Waals surface area contributed by atoms with E-state index in [1.807, 2.05) is 4.90 Å². The number of rotatable bonds is 7. The first kappa shape index (κ1) is 23.9. The molecule has 2 aromatic carbocycles. The molecule has 0 atom stereocenters. The summed E-state index contributed by atoms with van der Waals surface area (Å²) in [6, 6.07) is 11.8. The summed E-state index contributed by atoms with van der Waals surface area (Å²) in [7, 11) is 3.07. The van der Waals surface area contributed by atoms with Crippen molar-refractivity contribution >= 4 is 22.6 Å². The van der Waals surface area contributed by atoms with Crippen LogP contribution < -0.4 is 14.8 Å². The average molecular weight is 476 g/mol. The van der Waals surface area contributed by atoms with Gasteiger partial charge >= 0.3 is 6.18 Å². The van der Waals surface area contributed by atoms with E-state index < -0.39 is 12.0 Å². The second-order valence-corrected chi connectivity index (χ2v) is 8.37. The van der Waals surface area contributed by atoms with E-state index in [0.29, 0.717) is 54.2 Å². The summed E-state index contributed by atoms with van der Waals surface area (Å²) >= 11 is 0. The Kier molecular flexibility index (Phi) is 6.97. The van der Waals surface area contributed by atoms with Crippen molar-refractivity contribution in [3.63, 3.8) is 0 Å². The number of anilines is 1. The molecule has 4 rings (SSSR count). The molecule has 1 N–H and O–H groups in total. The lowest BCUT2D eigenvalue weighted by atomic mass is 9.96. The molecule has 7 nitrogen and oxygen atoms in total. The molecule has 0 spiro atoms. The SMILES string of the molecule is COc1ccc(OC)c(NC(=O)CN2CCC(Cn3c(C(F)(F)F)nc4ccccc43)CC2)c1. The van der Waals surface area contributed by atoms with E-state index in [9.17, 15) is 18.0 Å². The Morgan fingerprint density at radius 2 is 1.85 bits per heavy atom. The van der Waals surface area contributed by atoms with Crippen LogP contribution in [0.25, 0.3) is 11.0 Å². The fourth-order valence-corrected chi connectivity index (χ4v) is 4.37. The van der Waals surface area contributed by atoms with Gasteiger partial charge in [-0.3, -0.25) is 9.69 Å². The van der Waals surface area contributed by atoms with E-state index >= 15 is 0 Å². The number of likely N-dealkylation sites (tertiary alicyclic amines) is 1. The molecule has 0 saturated carbocycles. The van der Waals surface area contributed by atoms with Crippen molar-refractivity contribution in [2.45, 2.75) is 25.6 Å². The number of piperidine rings is 1. The maximum atomic E-state index is 13.6. The molecule has 1 fully saturated rings. The van der Waals surface area contributed by atoms with Gasteiger partial charge in [-0.2, -0.15) is 13.2 Å². The number of fused-ring (bicyclic) bond motifs is 1. The van der Waals surface area contributed by atoms with Crippen LogP contribution >= 0.6 is 0 Å². The van der Waals surface area contributed by atoms with Crippen molar-refractivity contribution in [2.75, 3.05) is 39.2 Å². The zero-order valence-corrected chi connectivity index (χ0v) is 19.1. The Labute approximate surface area is 195 Å². The molecule has 1 amide bonds. The number of ether oxygens (including phenoxy) is 2. The van der Waals surface area contributed by atoms with E-state index in [4.69, 9.17) is 9.47 Å². The van der Waals surface area contributed by atoms with E-state index in [-0.39, 0.29) is 24.9 Å². The monoisotopic (exact) mass is 476 g/mol. The number of hydrogen-bond acceptors (Lipinski definition) is 5. The van der Waals surface area contributed by atoms with Crippen LogP contribution in [0.3, 0.4) is 0 Å². The molecule has 0 aliphatic carbocycles. The number of nitrogens with one attached hydrogen (secondary N) is 1. The molecule has 10 heteroatoms. The summed E-state index contributed by atoms with van der Waals surface area (Å²) in [6.45, 7) is 1.69. The molecule has 0 bridgehead atoms. The number of imidazole rings is 1. The van der Waals surface area contributed by atoms with Crippen LogP contribution in [0, 0.1) is 5.92 Å². The van der Waals surface area contributed by atoms with Gasteiger partial charge in [-0.05, 0) is 56.1 Å². The number of carbonyl (C=O) groups is 1. The lowest BCUT2D eigenvalue weighted by molar-refractivity contribution is -0.147. The number of para-hydroxylation sites is 2. The molecule has 1 aliphatic heterocycles. The Morgan fingerprint density at radius 3 is 2.53 bits per heavy atom. The first-order valence-corrected chi connectivity index (χ1v) is 11.0. The quantitative estimate of drug-likeness (QED) is 0.547. The maximum Gasteiger partial charge on any atom is 0.449 e. The standard InChI is InChI=1S/C24H27F3N4O3/c1-33-17-7-8-21(34-2)19(13-17)28-22(32)15-30-11-9-16(10-12-30)14-31-20-6-4-3-5-18(20)29-23(31)24(25,26)27/h3-8,13,16H,9-12,14-15H2,1-2H3,(H,28,32). The lowest BCUT2D eigenvalue weighted by Crippen LogP contribution is -2.40. The molecule has 2 heterocycles. The number of halogens is 3. The molecule has 1 aromatic heterocycles. The van der Waals surface area contributed by atoms with Crippen molar-refractivity contribution in [1.29, 1.82) is 0 Å². The molecular weight excluding hydrogens is 449 g/mol. The summed E-state index contributed by atoms with van der Waals surface area (Å²) < 4.78 is 52.5. The minimum absolute atomic E-state index is 0.0662. The third kappa shape index (κ3) is 5.27. The normalized spacial score (nSPS) is 15.4. The van der Waals surface area contributed by atoms with Gasteiger partial charge in [0.2, 0.25) is 11.7 Å². The summed E-state index contributed by atoms with van der Waals surface area (Å²) in [5.41, 5.74) is 1.36. The highest BCUT2D eigenvalue weighted by Crippen LogP contribution is 2.33. The van der Waals surface area contributed by atoms with Crippen LogP contribution in [0.4, 0.5) is 18.9 Å². The number of hydrogen-bond donors (Lipinski definition) is 1. The molecule has 182 valence electrons. The Bertz CT molecular complexity index is 1150. The van der Waals surface area contributed by atoms with Gasteiger partial charge in [0, 0.05) is 12.6 Å². The van der Waals surface area contributed by atoms with Crippen LogP contribution in [0.1, 0.15) is 18.7 Å². The first-order chi connectivity index (χ1) is 16.3. The van der Waals surface area contributed by atoms with E-state index in [1.165, 1.54) is 11.7 Å². The van der Waals surface area contributed by atoms with Crippen molar-refractivity contribution in [1.82, 2.24) is 14.5 Å². The number of carbonyl (C=O) groups excluding carboxylic acids is 1. The predicted octanol–water partition coefficient (Wildman–Crippen LogP) is 4.42. The van der Waals surface area contributed by atoms with Gasteiger partial charge in [-0.1, -0.05) is 12.1 Å².